The molecule has 0 spiro atoms. The Bertz CT molecular complexity index is 771. The van der Waals surface area contributed by atoms with Crippen LogP contribution in [0.5, 0.6) is 0 Å². The van der Waals surface area contributed by atoms with Gasteiger partial charge in [-0.3, -0.25) is 19.3 Å². The Morgan fingerprint density at radius 2 is 2.00 bits per heavy atom. The molecule has 1 aliphatic heterocycles. The van der Waals surface area contributed by atoms with Gasteiger partial charge in [0, 0.05) is 0 Å². The highest BCUT2D eigenvalue weighted by atomic mass is 16.5. The third-order valence-electron chi connectivity index (χ3n) is 4.14. The van der Waals surface area contributed by atoms with E-state index >= 15 is 0 Å². The highest BCUT2D eigenvalue weighted by Crippen LogP contribution is 2.23. The topological polar surface area (TPSA) is 105 Å². The van der Waals surface area contributed by atoms with Crippen LogP contribution >= 0.6 is 0 Å². The van der Waals surface area contributed by atoms with Gasteiger partial charge in [0.2, 0.25) is 0 Å². The number of benzene rings is 1. The molecule has 0 saturated carbocycles. The van der Waals surface area contributed by atoms with Gasteiger partial charge in [-0.15, -0.1) is 6.42 Å². The molecule has 1 heterocycles. The number of hydrogen-bond acceptors (Lipinski definition) is 5. The third kappa shape index (κ3) is 5.31. The predicted molar refractivity (Wildman–Crippen MR) is 96.2 cm³/mol. The minimum atomic E-state index is -1.10. The van der Waals surface area contributed by atoms with E-state index in [1.165, 1.54) is 0 Å². The van der Waals surface area contributed by atoms with Crippen LogP contribution in [-0.4, -0.2) is 54.0 Å². The average Bonchev–Trinajstić information content (AvgIpc) is 2.87. The van der Waals surface area contributed by atoms with Crippen LogP contribution in [0.1, 0.15) is 18.9 Å². The maximum atomic E-state index is 12.6. The van der Waals surface area contributed by atoms with E-state index in [9.17, 15) is 19.2 Å². The zero-order valence-corrected chi connectivity index (χ0v) is 15.0. The quantitative estimate of drug-likeness (QED) is 0.386. The Labute approximate surface area is 157 Å². The number of hydrogen-bond donors (Lipinski definition) is 2. The Morgan fingerprint density at radius 3 is 2.67 bits per heavy atom. The number of rotatable bonds is 8. The number of amides is 4. The number of nitrogens with zero attached hydrogens (tertiary/aromatic N) is 1. The van der Waals surface area contributed by atoms with Gasteiger partial charge in [-0.1, -0.05) is 36.3 Å². The smallest absolute Gasteiger partial charge is 0.326 e. The molecule has 0 unspecified atom stereocenters. The third-order valence-corrected chi connectivity index (χ3v) is 4.14. The lowest BCUT2D eigenvalue weighted by atomic mass is 9.93. The van der Waals surface area contributed by atoms with E-state index in [1.54, 1.807) is 6.92 Å². The van der Waals surface area contributed by atoms with Crippen LogP contribution in [0, 0.1) is 12.3 Å². The maximum absolute atomic E-state index is 12.6. The summed E-state index contributed by atoms with van der Waals surface area (Å²) in [5.74, 6) is 0.285. The summed E-state index contributed by atoms with van der Waals surface area (Å²) in [6.07, 6.45) is 5.98. The predicted octanol–water partition coefficient (Wildman–Crippen LogP) is 0.222. The number of urea groups is 1. The van der Waals surface area contributed by atoms with Gasteiger partial charge in [-0.2, -0.15) is 0 Å². The zero-order chi connectivity index (χ0) is 19.9. The Balaban J connectivity index is 1.88. The molecular weight excluding hydrogens is 350 g/mol. The molecule has 1 atom stereocenters. The van der Waals surface area contributed by atoms with Crippen LogP contribution in [0.3, 0.4) is 0 Å². The van der Waals surface area contributed by atoms with Gasteiger partial charge < -0.3 is 15.4 Å². The molecule has 2 N–H and O–H groups in total. The monoisotopic (exact) mass is 371 g/mol. The molecule has 27 heavy (non-hydrogen) atoms. The van der Waals surface area contributed by atoms with E-state index in [-0.39, 0.29) is 6.54 Å². The summed E-state index contributed by atoms with van der Waals surface area (Å²) in [6, 6.07) is 8.90. The van der Waals surface area contributed by atoms with Crippen molar-refractivity contribution in [1.82, 2.24) is 15.5 Å². The molecule has 2 rings (SSSR count). The lowest BCUT2D eigenvalue weighted by molar-refractivity contribution is -0.151. The standard InChI is InChI=1S/C19H21N3O5/c1-3-11-20-15(23)13-27-16(24)12-22-17(25)19(2,21-18(22)26)10-9-14-7-5-4-6-8-14/h1,4-8H,9-13H2,2H3,(H,20,23)(H,21,26)/t19-/m1/s1. The molecule has 0 aliphatic carbocycles. The van der Waals surface area contributed by atoms with Crippen molar-refractivity contribution in [3.63, 3.8) is 0 Å². The Morgan fingerprint density at radius 1 is 1.30 bits per heavy atom. The number of ether oxygens (including phenoxy) is 1. The van der Waals surface area contributed by atoms with Gasteiger partial charge in [0.25, 0.3) is 11.8 Å². The second-order valence-electron chi connectivity index (χ2n) is 6.28. The molecule has 1 aromatic rings. The second kappa shape index (κ2) is 8.85. The first-order valence-corrected chi connectivity index (χ1v) is 8.39. The van der Waals surface area contributed by atoms with Crippen molar-refractivity contribution in [1.29, 1.82) is 0 Å². The highest BCUT2D eigenvalue weighted by molar-refractivity contribution is 6.08. The van der Waals surface area contributed by atoms with Crippen molar-refractivity contribution < 1.29 is 23.9 Å². The molecule has 8 heteroatoms. The first-order valence-electron chi connectivity index (χ1n) is 8.39. The van der Waals surface area contributed by atoms with E-state index in [0.717, 1.165) is 10.5 Å². The molecule has 0 radical (unpaired) electrons. The number of aryl methyl sites for hydroxylation is 1. The molecule has 0 bridgehead atoms. The van der Waals surface area contributed by atoms with Crippen LogP contribution in [0.15, 0.2) is 30.3 Å². The fraction of sp³-hybridized carbons (Fsp3) is 0.368. The first-order chi connectivity index (χ1) is 12.9. The van der Waals surface area contributed by atoms with Gasteiger partial charge >= 0.3 is 12.0 Å². The van der Waals surface area contributed by atoms with Gasteiger partial charge in [0.05, 0.1) is 6.54 Å². The summed E-state index contributed by atoms with van der Waals surface area (Å²) in [5, 5.41) is 4.96. The number of nitrogens with one attached hydrogen (secondary N) is 2. The Kier molecular flexibility index (Phi) is 6.55. The lowest BCUT2D eigenvalue weighted by Crippen LogP contribution is -2.44. The van der Waals surface area contributed by atoms with Crippen LogP contribution in [-0.2, 0) is 25.5 Å². The summed E-state index contributed by atoms with van der Waals surface area (Å²) in [5.41, 5.74) is -0.0613. The molecule has 1 fully saturated rings. The molecular formula is C19H21N3O5. The molecule has 4 amide bonds. The molecule has 1 saturated heterocycles. The van der Waals surface area contributed by atoms with E-state index in [1.807, 2.05) is 30.3 Å². The maximum Gasteiger partial charge on any atom is 0.326 e. The molecule has 8 nitrogen and oxygen atoms in total. The zero-order valence-electron chi connectivity index (χ0n) is 15.0. The summed E-state index contributed by atoms with van der Waals surface area (Å²) in [4.78, 5) is 48.7. The number of imide groups is 1. The van der Waals surface area contributed by atoms with E-state index < -0.39 is 42.5 Å². The molecule has 142 valence electrons. The number of carbonyl (C=O) groups excluding carboxylic acids is 4. The van der Waals surface area contributed by atoms with Gasteiger partial charge in [-0.25, -0.2) is 4.79 Å². The van der Waals surface area contributed by atoms with Crippen molar-refractivity contribution in [3.8, 4) is 12.3 Å². The average molecular weight is 371 g/mol. The van der Waals surface area contributed by atoms with Gasteiger partial charge in [-0.05, 0) is 25.3 Å². The van der Waals surface area contributed by atoms with Crippen molar-refractivity contribution in [2.75, 3.05) is 19.7 Å². The molecule has 1 aromatic carbocycles. The molecule has 1 aliphatic rings. The summed E-state index contributed by atoms with van der Waals surface area (Å²) in [7, 11) is 0. The van der Waals surface area contributed by atoms with Crippen LogP contribution in [0.4, 0.5) is 4.79 Å². The van der Waals surface area contributed by atoms with E-state index in [2.05, 4.69) is 16.6 Å². The highest BCUT2D eigenvalue weighted by Gasteiger charge is 2.48. The van der Waals surface area contributed by atoms with Crippen LogP contribution in [0.25, 0.3) is 0 Å². The van der Waals surface area contributed by atoms with Crippen LogP contribution in [0.2, 0.25) is 0 Å². The van der Waals surface area contributed by atoms with Crippen molar-refractivity contribution in [2.24, 2.45) is 0 Å². The largest absolute Gasteiger partial charge is 0.454 e. The van der Waals surface area contributed by atoms with Crippen molar-refractivity contribution >= 4 is 23.8 Å². The van der Waals surface area contributed by atoms with Crippen molar-refractivity contribution in [2.45, 2.75) is 25.3 Å². The minimum Gasteiger partial charge on any atom is -0.454 e. The van der Waals surface area contributed by atoms with E-state index in [4.69, 9.17) is 11.2 Å². The summed E-state index contributed by atoms with van der Waals surface area (Å²) in [6.45, 7) is 0.543. The fourth-order valence-corrected chi connectivity index (χ4v) is 2.62. The Hall–Kier alpha value is -3.34. The second-order valence-corrected chi connectivity index (χ2v) is 6.28. The number of terminal acetylenes is 1. The van der Waals surface area contributed by atoms with Gasteiger partial charge in [0.15, 0.2) is 6.61 Å². The number of esters is 1. The number of carbonyl (C=O) groups is 4. The lowest BCUT2D eigenvalue weighted by Gasteiger charge is -2.21. The normalized spacial score (nSPS) is 18.6. The molecule has 0 aromatic heterocycles. The first kappa shape index (κ1) is 20.0. The fourth-order valence-electron chi connectivity index (χ4n) is 2.62. The summed E-state index contributed by atoms with van der Waals surface area (Å²) >= 11 is 0. The minimum absolute atomic E-state index is 0.0170. The SMILES string of the molecule is C#CCNC(=O)COC(=O)CN1C(=O)N[C@](C)(CCc2ccccc2)C1=O. The van der Waals surface area contributed by atoms with Gasteiger partial charge in [0.1, 0.15) is 12.1 Å². The summed E-state index contributed by atoms with van der Waals surface area (Å²) < 4.78 is 4.76. The van der Waals surface area contributed by atoms with E-state index in [0.29, 0.717) is 12.8 Å². The van der Waals surface area contributed by atoms with Crippen molar-refractivity contribution in [3.05, 3.63) is 35.9 Å². The van der Waals surface area contributed by atoms with Crippen LogP contribution < -0.4 is 10.6 Å².